The van der Waals surface area contributed by atoms with Gasteiger partial charge in [-0.1, -0.05) is 6.07 Å². The van der Waals surface area contributed by atoms with Gasteiger partial charge in [-0.15, -0.1) is 0 Å². The molecule has 0 amide bonds. The molecule has 0 radical (unpaired) electrons. The summed E-state index contributed by atoms with van der Waals surface area (Å²) in [7, 11) is 1.64. The summed E-state index contributed by atoms with van der Waals surface area (Å²) < 4.78 is 6.41. The molecule has 4 heteroatoms. The summed E-state index contributed by atoms with van der Waals surface area (Å²) in [6, 6.07) is 5.22. The minimum atomic E-state index is -0.915. The average molecular weight is 207 g/mol. The highest BCUT2D eigenvalue weighted by atomic mass is 16.4. The van der Waals surface area contributed by atoms with Gasteiger partial charge in [0, 0.05) is 7.05 Å². The van der Waals surface area contributed by atoms with E-state index in [4.69, 9.17) is 4.42 Å². The number of rotatable bonds is 1. The summed E-state index contributed by atoms with van der Waals surface area (Å²) >= 11 is 0. The van der Waals surface area contributed by atoms with Crippen LogP contribution >= 0.6 is 0 Å². The van der Waals surface area contributed by atoms with Gasteiger partial charge < -0.3 is 9.52 Å². The van der Waals surface area contributed by atoms with Crippen LogP contribution in [0.4, 0.5) is 0 Å². The Morgan fingerprint density at radius 1 is 1.40 bits per heavy atom. The molecule has 0 aliphatic carbocycles. The van der Waals surface area contributed by atoms with Crippen LogP contribution in [0.3, 0.4) is 0 Å². The van der Waals surface area contributed by atoms with Crippen molar-refractivity contribution in [2.24, 2.45) is 7.05 Å². The number of hydrogen-bond acceptors (Lipinski definition) is 3. The summed E-state index contributed by atoms with van der Waals surface area (Å²) in [6.45, 7) is 3.40. The van der Waals surface area contributed by atoms with Crippen LogP contribution in [0.2, 0.25) is 0 Å². The number of hydrogen-bond donors (Lipinski definition) is 1. The maximum absolute atomic E-state index is 11.2. The standard InChI is InChI=1S/C11H13NO3/c1-11(2,14)7-4-5-9-8(6-7)12(3)10(13)15-9/h4-6,14H,1-3H3. The number of aryl methyl sites for hydroxylation is 1. The van der Waals surface area contributed by atoms with Crippen LogP contribution in [-0.2, 0) is 12.6 Å². The maximum atomic E-state index is 11.2. The maximum Gasteiger partial charge on any atom is 0.419 e. The van der Waals surface area contributed by atoms with Gasteiger partial charge in [0.25, 0.3) is 0 Å². The summed E-state index contributed by atoms with van der Waals surface area (Å²) in [5.74, 6) is -0.391. The van der Waals surface area contributed by atoms with E-state index in [9.17, 15) is 9.90 Å². The number of aliphatic hydroxyl groups is 1. The predicted molar refractivity (Wildman–Crippen MR) is 56.7 cm³/mol. The summed E-state index contributed by atoms with van der Waals surface area (Å²) in [5.41, 5.74) is 1.07. The molecule has 2 aromatic rings. The van der Waals surface area contributed by atoms with E-state index in [0.717, 1.165) is 5.56 Å². The molecule has 1 N–H and O–H groups in total. The quantitative estimate of drug-likeness (QED) is 0.768. The Morgan fingerprint density at radius 3 is 2.67 bits per heavy atom. The van der Waals surface area contributed by atoms with Crippen molar-refractivity contribution in [3.8, 4) is 0 Å². The van der Waals surface area contributed by atoms with E-state index in [-0.39, 0.29) is 0 Å². The van der Waals surface area contributed by atoms with Gasteiger partial charge in [0.2, 0.25) is 0 Å². The largest absolute Gasteiger partial charge is 0.419 e. The van der Waals surface area contributed by atoms with E-state index in [1.54, 1.807) is 39.1 Å². The zero-order chi connectivity index (χ0) is 11.2. The molecule has 80 valence electrons. The highest BCUT2D eigenvalue weighted by Gasteiger charge is 2.17. The molecule has 0 spiro atoms. The molecule has 2 rings (SSSR count). The summed E-state index contributed by atoms with van der Waals surface area (Å²) in [6.07, 6.45) is 0. The van der Waals surface area contributed by atoms with Crippen molar-refractivity contribution in [1.29, 1.82) is 0 Å². The van der Waals surface area contributed by atoms with E-state index in [2.05, 4.69) is 0 Å². The third kappa shape index (κ3) is 1.57. The zero-order valence-corrected chi connectivity index (χ0v) is 8.94. The van der Waals surface area contributed by atoms with Crippen molar-refractivity contribution in [2.75, 3.05) is 0 Å². The smallest absolute Gasteiger partial charge is 0.408 e. The molecular weight excluding hydrogens is 194 g/mol. The van der Waals surface area contributed by atoms with Crippen LogP contribution in [0.15, 0.2) is 27.4 Å². The van der Waals surface area contributed by atoms with Crippen molar-refractivity contribution in [2.45, 2.75) is 19.4 Å². The lowest BCUT2D eigenvalue weighted by atomic mass is 9.98. The minimum Gasteiger partial charge on any atom is -0.408 e. The number of nitrogens with zero attached hydrogens (tertiary/aromatic N) is 1. The molecule has 15 heavy (non-hydrogen) atoms. The van der Waals surface area contributed by atoms with E-state index in [1.807, 2.05) is 0 Å². The number of benzene rings is 1. The molecule has 0 atom stereocenters. The first-order valence-corrected chi connectivity index (χ1v) is 4.72. The molecule has 0 aliphatic rings. The molecule has 0 aliphatic heterocycles. The third-order valence-electron chi connectivity index (χ3n) is 2.50. The first kappa shape index (κ1) is 9.98. The van der Waals surface area contributed by atoms with Crippen LogP contribution in [0, 0.1) is 0 Å². The lowest BCUT2D eigenvalue weighted by Gasteiger charge is -2.17. The number of fused-ring (bicyclic) bond motifs is 1. The molecule has 0 saturated carbocycles. The molecule has 1 heterocycles. The van der Waals surface area contributed by atoms with E-state index in [1.165, 1.54) is 4.57 Å². The monoisotopic (exact) mass is 207 g/mol. The summed E-state index contributed by atoms with van der Waals surface area (Å²) in [5, 5.41) is 9.83. The molecule has 0 fully saturated rings. The third-order valence-corrected chi connectivity index (χ3v) is 2.50. The first-order chi connectivity index (χ1) is 6.89. The second kappa shape index (κ2) is 2.97. The van der Waals surface area contributed by atoms with Gasteiger partial charge in [0.1, 0.15) is 0 Å². The van der Waals surface area contributed by atoms with Gasteiger partial charge >= 0.3 is 5.76 Å². The van der Waals surface area contributed by atoms with E-state index in [0.29, 0.717) is 11.1 Å². The molecule has 1 aromatic heterocycles. The SMILES string of the molecule is Cn1c(=O)oc2ccc(C(C)(C)O)cc21. The van der Waals surface area contributed by atoms with Crippen LogP contribution in [0.1, 0.15) is 19.4 Å². The number of oxazole rings is 1. The Kier molecular flexibility index (Phi) is 1.98. The predicted octanol–water partition coefficient (Wildman–Crippen LogP) is 1.36. The van der Waals surface area contributed by atoms with E-state index >= 15 is 0 Å². The Hall–Kier alpha value is -1.55. The minimum absolute atomic E-state index is 0.391. The lowest BCUT2D eigenvalue weighted by molar-refractivity contribution is 0.0787. The molecular formula is C11H13NO3. The fourth-order valence-electron chi connectivity index (χ4n) is 1.51. The van der Waals surface area contributed by atoms with Crippen molar-refractivity contribution in [1.82, 2.24) is 4.57 Å². The first-order valence-electron chi connectivity index (χ1n) is 4.72. The highest BCUT2D eigenvalue weighted by Crippen LogP contribution is 2.23. The fraction of sp³-hybridized carbons (Fsp3) is 0.364. The van der Waals surface area contributed by atoms with Crippen LogP contribution in [0.25, 0.3) is 11.1 Å². The average Bonchev–Trinajstić information content (AvgIpc) is 2.41. The molecule has 0 bridgehead atoms. The normalized spacial score (nSPS) is 12.3. The van der Waals surface area contributed by atoms with Gasteiger partial charge in [-0.2, -0.15) is 0 Å². The highest BCUT2D eigenvalue weighted by molar-refractivity contribution is 5.73. The van der Waals surface area contributed by atoms with Gasteiger partial charge in [-0.3, -0.25) is 4.57 Å². The lowest BCUT2D eigenvalue weighted by Crippen LogP contribution is -2.15. The van der Waals surface area contributed by atoms with Crippen molar-refractivity contribution < 1.29 is 9.52 Å². The van der Waals surface area contributed by atoms with Crippen molar-refractivity contribution in [3.05, 3.63) is 34.3 Å². The Labute approximate surface area is 86.8 Å². The number of aromatic nitrogens is 1. The molecule has 1 aromatic carbocycles. The van der Waals surface area contributed by atoms with Crippen LogP contribution < -0.4 is 5.76 Å². The van der Waals surface area contributed by atoms with Crippen LogP contribution in [0.5, 0.6) is 0 Å². The Bertz CT molecular complexity index is 557. The second-order valence-electron chi connectivity index (χ2n) is 4.17. The Balaban J connectivity index is 2.75. The fourth-order valence-corrected chi connectivity index (χ4v) is 1.51. The molecule has 0 saturated heterocycles. The van der Waals surface area contributed by atoms with Crippen molar-refractivity contribution in [3.63, 3.8) is 0 Å². The second-order valence-corrected chi connectivity index (χ2v) is 4.17. The van der Waals surface area contributed by atoms with Crippen LogP contribution in [-0.4, -0.2) is 9.67 Å². The zero-order valence-electron chi connectivity index (χ0n) is 8.94. The van der Waals surface area contributed by atoms with Gasteiger partial charge in [0.05, 0.1) is 11.1 Å². The van der Waals surface area contributed by atoms with Gasteiger partial charge in [-0.25, -0.2) is 4.79 Å². The van der Waals surface area contributed by atoms with Gasteiger partial charge in [0.15, 0.2) is 5.58 Å². The summed E-state index contributed by atoms with van der Waals surface area (Å²) in [4.78, 5) is 11.2. The Morgan fingerprint density at radius 2 is 2.07 bits per heavy atom. The topological polar surface area (TPSA) is 55.4 Å². The molecule has 0 unspecified atom stereocenters. The molecule has 4 nitrogen and oxygen atoms in total. The van der Waals surface area contributed by atoms with Gasteiger partial charge in [-0.05, 0) is 31.5 Å². The van der Waals surface area contributed by atoms with Crippen molar-refractivity contribution >= 4 is 11.1 Å². The van der Waals surface area contributed by atoms with E-state index < -0.39 is 11.4 Å².